The quantitative estimate of drug-likeness (QED) is 0.730. The van der Waals surface area contributed by atoms with Crippen LogP contribution in [0.4, 0.5) is 17.1 Å². The highest BCUT2D eigenvalue weighted by molar-refractivity contribution is 7.92. The molecule has 1 heterocycles. The van der Waals surface area contributed by atoms with Gasteiger partial charge in [-0.05, 0) is 62.2 Å². The van der Waals surface area contributed by atoms with Crippen molar-refractivity contribution in [1.29, 1.82) is 0 Å². The molecule has 0 unspecified atom stereocenters. The molecule has 9 heteroatoms. The number of hydrogen-bond acceptors (Lipinski definition) is 4. The number of sulfonamides is 1. The molecule has 2 aromatic rings. The third-order valence-electron chi connectivity index (χ3n) is 5.02. The van der Waals surface area contributed by atoms with E-state index in [2.05, 4.69) is 5.32 Å². The van der Waals surface area contributed by atoms with Gasteiger partial charge < -0.3 is 10.2 Å². The first kappa shape index (κ1) is 22.1. The third-order valence-corrected chi connectivity index (χ3v) is 6.48. The highest BCUT2D eigenvalue weighted by Crippen LogP contribution is 2.29. The van der Waals surface area contributed by atoms with E-state index in [4.69, 9.17) is 11.6 Å². The molecule has 1 atom stereocenters. The highest BCUT2D eigenvalue weighted by Gasteiger charge is 2.30. The summed E-state index contributed by atoms with van der Waals surface area (Å²) < 4.78 is 26.0. The van der Waals surface area contributed by atoms with Crippen LogP contribution >= 0.6 is 11.6 Å². The molecule has 0 aromatic heterocycles. The lowest BCUT2D eigenvalue weighted by atomic mass is 10.1. The number of aryl methyl sites for hydroxylation is 1. The van der Waals surface area contributed by atoms with Gasteiger partial charge in [-0.25, -0.2) is 8.42 Å². The number of amides is 2. The zero-order valence-electron chi connectivity index (χ0n) is 17.1. The second-order valence-electron chi connectivity index (χ2n) is 7.35. The maximum absolute atomic E-state index is 12.8. The summed E-state index contributed by atoms with van der Waals surface area (Å²) in [6.45, 7) is 3.96. The van der Waals surface area contributed by atoms with E-state index in [1.54, 1.807) is 48.2 Å². The van der Waals surface area contributed by atoms with Gasteiger partial charge in [0, 0.05) is 29.4 Å². The molecule has 160 valence electrons. The number of nitrogens with one attached hydrogen (secondary N) is 1. The Hall–Kier alpha value is -2.58. The lowest BCUT2D eigenvalue weighted by Crippen LogP contribution is -2.45. The third kappa shape index (κ3) is 4.76. The minimum atomic E-state index is -3.75. The van der Waals surface area contributed by atoms with Crippen molar-refractivity contribution < 1.29 is 18.0 Å². The predicted molar refractivity (Wildman–Crippen MR) is 120 cm³/mol. The number of halogens is 1. The molecule has 0 saturated carbocycles. The fourth-order valence-electron chi connectivity index (χ4n) is 3.49. The van der Waals surface area contributed by atoms with E-state index < -0.39 is 22.0 Å². The Bertz CT molecular complexity index is 1070. The highest BCUT2D eigenvalue weighted by atomic mass is 35.5. The number of anilines is 3. The molecule has 1 aliphatic heterocycles. The SMILES string of the molecule is Cc1ccc(Cl)cc1N([C@H](C)C(=O)Nc1ccc(N2CCCC2=O)cc1)S(C)(=O)=O. The molecule has 1 aliphatic rings. The van der Waals surface area contributed by atoms with Gasteiger partial charge in [0.15, 0.2) is 0 Å². The summed E-state index contributed by atoms with van der Waals surface area (Å²) in [6, 6.07) is 10.8. The second kappa shape index (κ2) is 8.65. The van der Waals surface area contributed by atoms with E-state index in [0.717, 1.165) is 22.7 Å². The van der Waals surface area contributed by atoms with Gasteiger partial charge in [0.25, 0.3) is 0 Å². The first-order chi connectivity index (χ1) is 14.1. The number of carbonyl (C=O) groups is 2. The smallest absolute Gasteiger partial charge is 0.247 e. The summed E-state index contributed by atoms with van der Waals surface area (Å²) in [5.41, 5.74) is 2.33. The van der Waals surface area contributed by atoms with E-state index in [-0.39, 0.29) is 5.91 Å². The number of hydrogen-bond donors (Lipinski definition) is 1. The number of nitrogens with zero attached hydrogens (tertiary/aromatic N) is 2. The molecule has 2 amide bonds. The minimum absolute atomic E-state index is 0.0843. The molecule has 0 spiro atoms. The lowest BCUT2D eigenvalue weighted by Gasteiger charge is -2.29. The van der Waals surface area contributed by atoms with Gasteiger partial charge in [0.1, 0.15) is 6.04 Å². The van der Waals surface area contributed by atoms with Crippen LogP contribution < -0.4 is 14.5 Å². The van der Waals surface area contributed by atoms with Crippen LogP contribution in [-0.4, -0.2) is 39.1 Å². The molecule has 1 fully saturated rings. The first-order valence-corrected chi connectivity index (χ1v) is 11.8. The zero-order chi connectivity index (χ0) is 22.1. The summed E-state index contributed by atoms with van der Waals surface area (Å²) in [5, 5.41) is 3.12. The Labute approximate surface area is 181 Å². The first-order valence-electron chi connectivity index (χ1n) is 9.55. The van der Waals surface area contributed by atoms with Gasteiger partial charge in [0.05, 0.1) is 11.9 Å². The Morgan fingerprint density at radius 1 is 1.20 bits per heavy atom. The molecule has 1 saturated heterocycles. The molecule has 30 heavy (non-hydrogen) atoms. The van der Waals surface area contributed by atoms with Crippen molar-refractivity contribution in [3.63, 3.8) is 0 Å². The molecular formula is C21H24ClN3O4S. The molecule has 2 aromatic carbocycles. The zero-order valence-corrected chi connectivity index (χ0v) is 18.6. The molecule has 0 bridgehead atoms. The summed E-state index contributed by atoms with van der Waals surface area (Å²) in [5.74, 6) is -0.397. The Balaban J connectivity index is 1.80. The van der Waals surface area contributed by atoms with Crippen LogP contribution in [0.1, 0.15) is 25.3 Å². The van der Waals surface area contributed by atoms with Crippen molar-refractivity contribution in [1.82, 2.24) is 0 Å². The summed E-state index contributed by atoms with van der Waals surface area (Å²) in [6.07, 6.45) is 2.43. The predicted octanol–water partition coefficient (Wildman–Crippen LogP) is 3.57. The maximum atomic E-state index is 12.8. The van der Waals surface area contributed by atoms with Crippen molar-refractivity contribution in [2.75, 3.05) is 27.3 Å². The molecule has 7 nitrogen and oxygen atoms in total. The van der Waals surface area contributed by atoms with Gasteiger partial charge in [-0.1, -0.05) is 17.7 Å². The standard InChI is InChI=1S/C21H24ClN3O4S/c1-14-6-7-16(22)13-19(14)25(30(3,28)29)15(2)21(27)23-17-8-10-18(11-9-17)24-12-4-5-20(24)26/h6-11,13,15H,4-5,12H2,1-3H3,(H,23,27)/t15-/m1/s1. The average Bonchev–Trinajstić information content (AvgIpc) is 3.10. The Morgan fingerprint density at radius 3 is 2.43 bits per heavy atom. The van der Waals surface area contributed by atoms with Crippen LogP contribution in [0.15, 0.2) is 42.5 Å². The molecule has 3 rings (SSSR count). The van der Waals surface area contributed by atoms with E-state index in [9.17, 15) is 18.0 Å². The van der Waals surface area contributed by atoms with Crippen LogP contribution in [-0.2, 0) is 19.6 Å². The minimum Gasteiger partial charge on any atom is -0.324 e. The lowest BCUT2D eigenvalue weighted by molar-refractivity contribution is -0.117. The topological polar surface area (TPSA) is 86.8 Å². The monoisotopic (exact) mass is 449 g/mol. The molecule has 0 radical (unpaired) electrons. The number of carbonyl (C=O) groups excluding carboxylic acids is 2. The van der Waals surface area contributed by atoms with Crippen molar-refractivity contribution in [2.45, 2.75) is 32.7 Å². The van der Waals surface area contributed by atoms with Crippen molar-refractivity contribution in [3.8, 4) is 0 Å². The van der Waals surface area contributed by atoms with Gasteiger partial charge >= 0.3 is 0 Å². The van der Waals surface area contributed by atoms with E-state index >= 15 is 0 Å². The Morgan fingerprint density at radius 2 is 1.87 bits per heavy atom. The largest absolute Gasteiger partial charge is 0.324 e. The molecule has 1 N–H and O–H groups in total. The fourth-order valence-corrected chi connectivity index (χ4v) is 4.88. The van der Waals surface area contributed by atoms with Crippen molar-refractivity contribution in [3.05, 3.63) is 53.1 Å². The van der Waals surface area contributed by atoms with Gasteiger partial charge in [-0.15, -0.1) is 0 Å². The van der Waals surface area contributed by atoms with Gasteiger partial charge in [-0.3, -0.25) is 13.9 Å². The van der Waals surface area contributed by atoms with Crippen molar-refractivity contribution in [2.24, 2.45) is 0 Å². The van der Waals surface area contributed by atoms with Crippen LogP contribution in [0.3, 0.4) is 0 Å². The summed E-state index contributed by atoms with van der Waals surface area (Å²) in [7, 11) is -3.75. The van der Waals surface area contributed by atoms with E-state index in [0.29, 0.717) is 34.9 Å². The van der Waals surface area contributed by atoms with Crippen LogP contribution in [0.2, 0.25) is 5.02 Å². The molecular weight excluding hydrogens is 426 g/mol. The van der Waals surface area contributed by atoms with E-state index in [1.165, 1.54) is 13.0 Å². The van der Waals surface area contributed by atoms with Gasteiger partial charge in [-0.2, -0.15) is 0 Å². The fraction of sp³-hybridized carbons (Fsp3) is 0.333. The average molecular weight is 450 g/mol. The normalized spacial score (nSPS) is 15.2. The van der Waals surface area contributed by atoms with E-state index in [1.807, 2.05) is 0 Å². The Kier molecular flexibility index (Phi) is 6.38. The maximum Gasteiger partial charge on any atom is 0.247 e. The molecule has 0 aliphatic carbocycles. The van der Waals surface area contributed by atoms with Crippen LogP contribution in [0, 0.1) is 6.92 Å². The van der Waals surface area contributed by atoms with Crippen molar-refractivity contribution >= 4 is 50.5 Å². The van der Waals surface area contributed by atoms with Gasteiger partial charge in [0.2, 0.25) is 21.8 Å². The number of benzene rings is 2. The van der Waals surface area contributed by atoms with Crippen LogP contribution in [0.25, 0.3) is 0 Å². The summed E-state index contributed by atoms with van der Waals surface area (Å²) in [4.78, 5) is 26.4. The number of rotatable bonds is 6. The second-order valence-corrected chi connectivity index (χ2v) is 9.65. The summed E-state index contributed by atoms with van der Waals surface area (Å²) >= 11 is 6.05. The van der Waals surface area contributed by atoms with Crippen LogP contribution in [0.5, 0.6) is 0 Å².